The third-order valence-electron chi connectivity index (χ3n) is 6.95. The molecule has 202 valence electrons. The molecular formula is C25H24F4N4O5. The van der Waals surface area contributed by atoms with E-state index in [4.69, 9.17) is 9.47 Å². The summed E-state index contributed by atoms with van der Waals surface area (Å²) in [6, 6.07) is 7.28. The molecule has 0 bridgehead atoms. The maximum Gasteiger partial charge on any atom is 0.433 e. The van der Waals surface area contributed by atoms with Gasteiger partial charge in [0, 0.05) is 42.9 Å². The first-order valence-electron chi connectivity index (χ1n) is 11.8. The van der Waals surface area contributed by atoms with Crippen LogP contribution in [0.2, 0.25) is 0 Å². The summed E-state index contributed by atoms with van der Waals surface area (Å²) < 4.78 is 65.6. The Hall–Kier alpha value is -3.71. The van der Waals surface area contributed by atoms with Crippen molar-refractivity contribution in [2.24, 2.45) is 5.41 Å². The Kier molecular flexibility index (Phi) is 6.73. The maximum atomic E-state index is 14.6. The van der Waals surface area contributed by atoms with Gasteiger partial charge in [0.1, 0.15) is 23.9 Å². The van der Waals surface area contributed by atoms with Crippen LogP contribution in [0.25, 0.3) is 0 Å². The summed E-state index contributed by atoms with van der Waals surface area (Å²) in [4.78, 5) is 21.9. The van der Waals surface area contributed by atoms with E-state index in [1.54, 1.807) is 6.07 Å². The van der Waals surface area contributed by atoms with E-state index in [-0.39, 0.29) is 43.2 Å². The van der Waals surface area contributed by atoms with Crippen LogP contribution in [0.4, 0.5) is 23.4 Å². The first-order valence-corrected chi connectivity index (χ1v) is 11.8. The Balaban J connectivity index is 1.26. The third-order valence-corrected chi connectivity index (χ3v) is 6.95. The Morgan fingerprint density at radius 1 is 1.13 bits per heavy atom. The molecule has 0 radical (unpaired) electrons. The number of aliphatic hydroxyl groups excluding tert-OH is 2. The van der Waals surface area contributed by atoms with Crippen molar-refractivity contribution in [3.05, 3.63) is 70.2 Å². The van der Waals surface area contributed by atoms with Gasteiger partial charge < -0.3 is 24.6 Å². The number of pyridine rings is 1. The van der Waals surface area contributed by atoms with Crippen molar-refractivity contribution >= 4 is 5.82 Å². The second-order valence-electron chi connectivity index (χ2n) is 9.49. The lowest BCUT2D eigenvalue weighted by Gasteiger charge is -2.42. The zero-order chi connectivity index (χ0) is 27.1. The Morgan fingerprint density at radius 3 is 2.63 bits per heavy atom. The minimum atomic E-state index is -4.66. The lowest BCUT2D eigenvalue weighted by molar-refractivity contribution is -0.141. The molecule has 2 N–H and O–H groups in total. The number of hydrogen-bond acceptors (Lipinski definition) is 8. The van der Waals surface area contributed by atoms with Gasteiger partial charge in [0.05, 0.1) is 13.2 Å². The fourth-order valence-corrected chi connectivity index (χ4v) is 4.85. The zero-order valence-corrected chi connectivity index (χ0v) is 20.0. The van der Waals surface area contributed by atoms with E-state index in [1.165, 1.54) is 22.8 Å². The molecule has 1 fully saturated rings. The molecule has 0 saturated carbocycles. The number of hydrogen-bond donors (Lipinski definition) is 2. The summed E-state index contributed by atoms with van der Waals surface area (Å²) in [5.41, 5.74) is -1.86. The monoisotopic (exact) mass is 536 g/mol. The highest BCUT2D eigenvalue weighted by molar-refractivity contribution is 5.48. The van der Waals surface area contributed by atoms with E-state index in [0.29, 0.717) is 43.4 Å². The Labute approximate surface area is 213 Å². The van der Waals surface area contributed by atoms with Crippen LogP contribution in [0.1, 0.15) is 24.1 Å². The van der Waals surface area contributed by atoms with E-state index in [2.05, 4.69) is 9.97 Å². The highest BCUT2D eigenvalue weighted by Crippen LogP contribution is 2.40. The number of nitrogens with zero attached hydrogens (tertiary/aromatic N) is 4. The standard InChI is InChI=1S/C25H24F4N4O5/c26-18-7-15(1-2-19(18)38-17-3-5-30-20(8-17)25(27,28)29)12-37-21-9-22-32-6-4-24(13-34,14-35)10-16(32)11-33(22)23(36)31-21/h1-3,5,7-9,16,34-35H,4,6,10-14H2. The average Bonchev–Trinajstić information content (AvgIpc) is 3.26. The molecule has 1 saturated heterocycles. The normalized spacial score (nSPS) is 18.2. The van der Waals surface area contributed by atoms with E-state index in [1.807, 2.05) is 4.90 Å². The number of fused-ring (bicyclic) bond motifs is 3. The quantitative estimate of drug-likeness (QED) is 0.444. The van der Waals surface area contributed by atoms with Crippen LogP contribution in [0.5, 0.6) is 17.4 Å². The number of anilines is 1. The largest absolute Gasteiger partial charge is 0.473 e. The fraction of sp³-hybridized carbons (Fsp3) is 0.400. The Bertz CT molecular complexity index is 1390. The third kappa shape index (κ3) is 5.03. The van der Waals surface area contributed by atoms with Crippen LogP contribution in [0.3, 0.4) is 0 Å². The lowest BCUT2D eigenvalue weighted by atomic mass is 9.77. The van der Waals surface area contributed by atoms with Crippen LogP contribution in [-0.4, -0.2) is 50.5 Å². The number of aliphatic hydroxyl groups is 2. The summed E-state index contributed by atoms with van der Waals surface area (Å²) in [5, 5.41) is 19.5. The average molecular weight is 536 g/mol. The number of benzene rings is 1. The number of piperidine rings is 1. The van der Waals surface area contributed by atoms with Gasteiger partial charge >= 0.3 is 11.9 Å². The molecule has 0 aliphatic carbocycles. The minimum Gasteiger partial charge on any atom is -0.473 e. The lowest BCUT2D eigenvalue weighted by Crippen LogP contribution is -2.48. The molecule has 2 aliphatic heterocycles. The van der Waals surface area contributed by atoms with Gasteiger partial charge in [-0.15, -0.1) is 0 Å². The van der Waals surface area contributed by atoms with Gasteiger partial charge in [-0.2, -0.15) is 18.2 Å². The zero-order valence-electron chi connectivity index (χ0n) is 20.0. The molecular weight excluding hydrogens is 512 g/mol. The van der Waals surface area contributed by atoms with Gasteiger partial charge in [0.15, 0.2) is 11.6 Å². The predicted molar refractivity (Wildman–Crippen MR) is 126 cm³/mol. The van der Waals surface area contributed by atoms with Gasteiger partial charge in [-0.3, -0.25) is 9.55 Å². The number of aromatic nitrogens is 3. The van der Waals surface area contributed by atoms with E-state index in [9.17, 15) is 32.6 Å². The minimum absolute atomic E-state index is 0.0558. The number of ether oxygens (including phenoxy) is 2. The van der Waals surface area contributed by atoms with Crippen LogP contribution in [-0.2, 0) is 19.3 Å². The van der Waals surface area contributed by atoms with Crippen LogP contribution in [0.15, 0.2) is 47.4 Å². The van der Waals surface area contributed by atoms with Gasteiger partial charge in [-0.05, 0) is 36.6 Å². The first kappa shape index (κ1) is 25.9. The van der Waals surface area contributed by atoms with Gasteiger partial charge in [-0.1, -0.05) is 6.07 Å². The molecule has 0 spiro atoms. The molecule has 1 aromatic carbocycles. The van der Waals surface area contributed by atoms with Crippen LogP contribution >= 0.6 is 0 Å². The van der Waals surface area contributed by atoms with Crippen molar-refractivity contribution in [3.8, 4) is 17.4 Å². The molecule has 5 rings (SSSR count). The van der Waals surface area contributed by atoms with Crippen molar-refractivity contribution < 1.29 is 37.2 Å². The van der Waals surface area contributed by atoms with Gasteiger partial charge in [0.25, 0.3) is 0 Å². The van der Waals surface area contributed by atoms with E-state index < -0.39 is 28.8 Å². The van der Waals surface area contributed by atoms with Crippen LogP contribution < -0.4 is 20.1 Å². The van der Waals surface area contributed by atoms with Crippen molar-refractivity contribution in [2.75, 3.05) is 24.7 Å². The number of rotatable bonds is 7. The fourth-order valence-electron chi connectivity index (χ4n) is 4.85. The summed E-state index contributed by atoms with van der Waals surface area (Å²) in [6.07, 6.45) is -2.65. The number of halogens is 4. The first-order chi connectivity index (χ1) is 18.1. The molecule has 4 heterocycles. The van der Waals surface area contributed by atoms with Crippen molar-refractivity contribution in [1.82, 2.24) is 14.5 Å². The summed E-state index contributed by atoms with van der Waals surface area (Å²) >= 11 is 0. The van der Waals surface area contributed by atoms with Crippen molar-refractivity contribution in [2.45, 2.75) is 38.2 Å². The van der Waals surface area contributed by atoms with Gasteiger partial charge in [0.2, 0.25) is 5.88 Å². The highest BCUT2D eigenvalue weighted by Gasteiger charge is 2.43. The topological polar surface area (TPSA) is 110 Å². The molecule has 13 heteroatoms. The summed E-state index contributed by atoms with van der Waals surface area (Å²) in [6.45, 7) is 0.537. The molecule has 38 heavy (non-hydrogen) atoms. The molecule has 0 amide bonds. The summed E-state index contributed by atoms with van der Waals surface area (Å²) in [7, 11) is 0. The molecule has 9 nitrogen and oxygen atoms in total. The molecule has 2 aromatic heterocycles. The SMILES string of the molecule is O=c1nc(OCc2ccc(Oc3ccnc(C(F)(F)F)c3)c(F)c2)cc2n1CC1CC(CO)(CO)CCN21. The van der Waals surface area contributed by atoms with Crippen LogP contribution in [0, 0.1) is 11.2 Å². The van der Waals surface area contributed by atoms with Crippen molar-refractivity contribution in [1.29, 1.82) is 0 Å². The maximum absolute atomic E-state index is 14.6. The smallest absolute Gasteiger partial charge is 0.433 e. The van der Waals surface area contributed by atoms with E-state index in [0.717, 1.165) is 12.3 Å². The molecule has 2 aliphatic rings. The second kappa shape index (κ2) is 9.87. The summed E-state index contributed by atoms with van der Waals surface area (Å²) in [5.74, 6) is -0.629. The Morgan fingerprint density at radius 2 is 1.92 bits per heavy atom. The molecule has 1 atom stereocenters. The molecule has 3 aromatic rings. The highest BCUT2D eigenvalue weighted by atomic mass is 19.4. The van der Waals surface area contributed by atoms with Crippen molar-refractivity contribution in [3.63, 3.8) is 0 Å². The number of alkyl halides is 3. The van der Waals surface area contributed by atoms with Gasteiger partial charge in [-0.25, -0.2) is 9.18 Å². The molecule has 1 unspecified atom stereocenters. The van der Waals surface area contributed by atoms with E-state index >= 15 is 0 Å². The second-order valence-corrected chi connectivity index (χ2v) is 9.49. The predicted octanol–water partition coefficient (Wildman–Crippen LogP) is 3.12.